The van der Waals surface area contributed by atoms with E-state index in [1.54, 1.807) is 6.92 Å². The van der Waals surface area contributed by atoms with Crippen LogP contribution in [0.25, 0.3) is 0 Å². The molecule has 1 saturated heterocycles. The van der Waals surface area contributed by atoms with Crippen LogP contribution in [0, 0.1) is 5.92 Å². The van der Waals surface area contributed by atoms with Crippen LogP contribution in [0.15, 0.2) is 0 Å². The van der Waals surface area contributed by atoms with E-state index in [9.17, 15) is 14.4 Å². The van der Waals surface area contributed by atoms with Gasteiger partial charge >= 0.3 is 5.97 Å². The van der Waals surface area contributed by atoms with Crippen LogP contribution < -0.4 is 0 Å². The molecular weight excluding hydrogens is 186 g/mol. The molecule has 1 atom stereocenters. The van der Waals surface area contributed by atoms with Crippen LogP contribution in [0.3, 0.4) is 0 Å². The summed E-state index contributed by atoms with van der Waals surface area (Å²) in [4.78, 5) is 38.1. The maximum atomic E-state index is 11.3. The molecule has 78 valence electrons. The lowest BCUT2D eigenvalue weighted by atomic mass is 10.1. The number of hydrogen-bond acceptors (Lipinski definition) is 4. The van der Waals surface area contributed by atoms with Crippen molar-refractivity contribution in [2.45, 2.75) is 33.1 Å². The van der Waals surface area contributed by atoms with Gasteiger partial charge in [-0.05, 0) is 6.42 Å². The molecule has 0 aliphatic carbocycles. The van der Waals surface area contributed by atoms with Crippen molar-refractivity contribution in [3.05, 3.63) is 0 Å². The number of amides is 2. The van der Waals surface area contributed by atoms with Gasteiger partial charge in [0, 0.05) is 12.8 Å². The van der Waals surface area contributed by atoms with E-state index < -0.39 is 17.8 Å². The van der Waals surface area contributed by atoms with E-state index in [-0.39, 0.29) is 18.8 Å². The van der Waals surface area contributed by atoms with Gasteiger partial charge in [-0.2, -0.15) is 0 Å². The van der Waals surface area contributed by atoms with Crippen molar-refractivity contribution >= 4 is 17.8 Å². The van der Waals surface area contributed by atoms with Crippen LogP contribution >= 0.6 is 0 Å². The van der Waals surface area contributed by atoms with Crippen molar-refractivity contribution in [1.82, 2.24) is 5.06 Å². The Hall–Kier alpha value is -1.39. The largest absolute Gasteiger partial charge is 0.335 e. The summed E-state index contributed by atoms with van der Waals surface area (Å²) >= 11 is 0. The topological polar surface area (TPSA) is 63.7 Å². The van der Waals surface area contributed by atoms with Gasteiger partial charge in [-0.1, -0.05) is 13.8 Å². The van der Waals surface area contributed by atoms with Crippen molar-refractivity contribution in [2.24, 2.45) is 5.92 Å². The van der Waals surface area contributed by atoms with Crippen LogP contribution in [0.2, 0.25) is 0 Å². The van der Waals surface area contributed by atoms with E-state index in [4.69, 9.17) is 0 Å². The Morgan fingerprint density at radius 2 is 1.93 bits per heavy atom. The molecule has 2 amide bonds. The molecule has 1 aliphatic rings. The van der Waals surface area contributed by atoms with Gasteiger partial charge < -0.3 is 4.84 Å². The summed E-state index contributed by atoms with van der Waals surface area (Å²) in [6, 6.07) is 0. The van der Waals surface area contributed by atoms with E-state index in [0.29, 0.717) is 11.5 Å². The molecule has 1 aliphatic heterocycles. The number of rotatable bonds is 3. The fourth-order valence-electron chi connectivity index (χ4n) is 1.00. The first kappa shape index (κ1) is 10.7. The fraction of sp³-hybridized carbons (Fsp3) is 0.667. The Morgan fingerprint density at radius 1 is 1.43 bits per heavy atom. The first-order valence-electron chi connectivity index (χ1n) is 4.63. The Morgan fingerprint density at radius 3 is 2.36 bits per heavy atom. The number of carbonyl (C=O) groups excluding carboxylic acids is 3. The number of imide groups is 1. The number of hydroxylamine groups is 2. The van der Waals surface area contributed by atoms with Crippen molar-refractivity contribution < 1.29 is 19.2 Å². The Balaban J connectivity index is 2.55. The highest BCUT2D eigenvalue weighted by Gasteiger charge is 2.33. The summed E-state index contributed by atoms with van der Waals surface area (Å²) in [6.07, 6.45) is 0.883. The summed E-state index contributed by atoms with van der Waals surface area (Å²) in [5.74, 6) is -1.70. The molecule has 0 saturated carbocycles. The first-order chi connectivity index (χ1) is 6.56. The minimum absolute atomic E-state index is 0.132. The smallest absolute Gasteiger partial charge is 0.330 e. The molecule has 1 fully saturated rings. The molecule has 0 radical (unpaired) electrons. The minimum atomic E-state index is -0.531. The van der Waals surface area contributed by atoms with E-state index in [1.165, 1.54) is 0 Å². The third-order valence-corrected chi connectivity index (χ3v) is 2.20. The SMILES string of the molecule is CC[C@H](C)C(=O)ON1C(=O)CCC1=O. The van der Waals surface area contributed by atoms with Gasteiger partial charge in [0.1, 0.15) is 0 Å². The van der Waals surface area contributed by atoms with Crippen molar-refractivity contribution in [3.63, 3.8) is 0 Å². The van der Waals surface area contributed by atoms with E-state index >= 15 is 0 Å². The van der Waals surface area contributed by atoms with Gasteiger partial charge in [-0.15, -0.1) is 5.06 Å². The third kappa shape index (κ3) is 2.10. The standard InChI is InChI=1S/C9H13NO4/c1-3-6(2)9(13)14-10-7(11)4-5-8(10)12/h6H,3-5H2,1-2H3/t6-/m0/s1. The molecule has 0 aromatic carbocycles. The highest BCUT2D eigenvalue weighted by molar-refractivity contribution is 6.01. The number of nitrogens with zero attached hydrogens (tertiary/aromatic N) is 1. The van der Waals surface area contributed by atoms with Gasteiger partial charge in [0.15, 0.2) is 0 Å². The fourth-order valence-corrected chi connectivity index (χ4v) is 1.00. The molecule has 0 aromatic rings. The molecule has 0 bridgehead atoms. The van der Waals surface area contributed by atoms with Crippen molar-refractivity contribution in [2.75, 3.05) is 0 Å². The highest BCUT2D eigenvalue weighted by atomic mass is 16.7. The lowest BCUT2D eigenvalue weighted by Gasteiger charge is -2.14. The van der Waals surface area contributed by atoms with Crippen LogP contribution in [0.5, 0.6) is 0 Å². The molecule has 1 rings (SSSR count). The predicted octanol–water partition coefficient (Wildman–Crippen LogP) is 0.640. The van der Waals surface area contributed by atoms with Crippen LogP contribution in [0.1, 0.15) is 33.1 Å². The van der Waals surface area contributed by atoms with E-state index in [1.807, 2.05) is 6.92 Å². The molecule has 1 heterocycles. The van der Waals surface area contributed by atoms with Crippen LogP contribution in [-0.4, -0.2) is 22.8 Å². The second-order valence-corrected chi connectivity index (χ2v) is 3.30. The van der Waals surface area contributed by atoms with Crippen LogP contribution in [-0.2, 0) is 19.2 Å². The van der Waals surface area contributed by atoms with Crippen molar-refractivity contribution in [1.29, 1.82) is 0 Å². The zero-order valence-corrected chi connectivity index (χ0v) is 8.28. The van der Waals surface area contributed by atoms with Gasteiger partial charge in [-0.3, -0.25) is 9.59 Å². The van der Waals surface area contributed by atoms with Gasteiger partial charge in [-0.25, -0.2) is 4.79 Å². The Bertz CT molecular complexity index is 258. The van der Waals surface area contributed by atoms with Crippen molar-refractivity contribution in [3.8, 4) is 0 Å². The van der Waals surface area contributed by atoms with E-state index in [2.05, 4.69) is 4.84 Å². The lowest BCUT2D eigenvalue weighted by Crippen LogP contribution is -2.33. The van der Waals surface area contributed by atoms with Gasteiger partial charge in [0.25, 0.3) is 11.8 Å². The number of carbonyl (C=O) groups is 3. The predicted molar refractivity (Wildman–Crippen MR) is 46.6 cm³/mol. The number of hydrogen-bond donors (Lipinski definition) is 0. The summed E-state index contributed by atoms with van der Waals surface area (Å²) in [7, 11) is 0. The normalized spacial score (nSPS) is 18.6. The van der Waals surface area contributed by atoms with Gasteiger partial charge in [0.05, 0.1) is 5.92 Å². The van der Waals surface area contributed by atoms with E-state index in [0.717, 1.165) is 0 Å². The maximum Gasteiger partial charge on any atom is 0.335 e. The average Bonchev–Trinajstić information content (AvgIpc) is 2.48. The quantitative estimate of drug-likeness (QED) is 0.626. The summed E-state index contributed by atoms with van der Waals surface area (Å²) in [6.45, 7) is 3.52. The Labute approximate surface area is 82.0 Å². The minimum Gasteiger partial charge on any atom is -0.330 e. The lowest BCUT2D eigenvalue weighted by molar-refractivity contribution is -0.200. The monoisotopic (exact) mass is 199 g/mol. The molecule has 0 unspecified atom stereocenters. The zero-order valence-electron chi connectivity index (χ0n) is 8.28. The molecule has 14 heavy (non-hydrogen) atoms. The molecule has 0 aromatic heterocycles. The zero-order chi connectivity index (χ0) is 10.7. The average molecular weight is 199 g/mol. The molecule has 5 heteroatoms. The summed E-state index contributed by atoms with van der Waals surface area (Å²) < 4.78 is 0. The highest BCUT2D eigenvalue weighted by Crippen LogP contribution is 2.14. The Kier molecular flexibility index (Phi) is 3.22. The summed E-state index contributed by atoms with van der Waals surface area (Å²) in [5.41, 5.74) is 0. The maximum absolute atomic E-state index is 11.3. The van der Waals surface area contributed by atoms with Crippen LogP contribution in [0.4, 0.5) is 0 Å². The molecule has 0 spiro atoms. The summed E-state index contributed by atoms with van der Waals surface area (Å²) in [5, 5.41) is 0.578. The second kappa shape index (κ2) is 4.21. The third-order valence-electron chi connectivity index (χ3n) is 2.20. The molecule has 5 nitrogen and oxygen atoms in total. The molecule has 0 N–H and O–H groups in total. The second-order valence-electron chi connectivity index (χ2n) is 3.30. The first-order valence-corrected chi connectivity index (χ1v) is 4.63. The van der Waals surface area contributed by atoms with Gasteiger partial charge in [0.2, 0.25) is 0 Å². The molecular formula is C9H13NO4.